The molecule has 148 valence electrons. The van der Waals surface area contributed by atoms with Crippen molar-refractivity contribution in [2.45, 2.75) is 18.7 Å². The molecule has 0 saturated carbocycles. The molecule has 1 aromatic heterocycles. The Kier molecular flexibility index (Phi) is 4.32. The first-order chi connectivity index (χ1) is 14.1. The van der Waals surface area contributed by atoms with Crippen molar-refractivity contribution in [3.63, 3.8) is 0 Å². The molecule has 0 unspecified atom stereocenters. The van der Waals surface area contributed by atoms with Crippen molar-refractivity contribution in [3.05, 3.63) is 71.7 Å². The Morgan fingerprint density at radius 1 is 1.14 bits per heavy atom. The minimum absolute atomic E-state index is 0.116. The summed E-state index contributed by atoms with van der Waals surface area (Å²) in [7, 11) is 1.77. The fourth-order valence-electron chi connectivity index (χ4n) is 4.08. The summed E-state index contributed by atoms with van der Waals surface area (Å²) in [6.45, 7) is 1.82. The summed E-state index contributed by atoms with van der Waals surface area (Å²) in [4.78, 5) is 16.7. The number of rotatable bonds is 3. The van der Waals surface area contributed by atoms with E-state index in [9.17, 15) is 9.18 Å². The van der Waals surface area contributed by atoms with Crippen LogP contribution in [0.5, 0.6) is 5.75 Å². The molecule has 29 heavy (non-hydrogen) atoms. The monoisotopic (exact) mass is 393 g/mol. The molecular formula is C22H20FN3O3. The lowest BCUT2D eigenvalue weighted by Gasteiger charge is -2.25. The fraction of sp³-hybridized carbons (Fsp3) is 0.273. The van der Waals surface area contributed by atoms with Gasteiger partial charge in [0, 0.05) is 37.8 Å². The van der Waals surface area contributed by atoms with Crippen molar-refractivity contribution in [1.29, 1.82) is 0 Å². The van der Waals surface area contributed by atoms with Gasteiger partial charge in [0.15, 0.2) is 5.76 Å². The van der Waals surface area contributed by atoms with Gasteiger partial charge in [-0.15, -0.1) is 0 Å². The van der Waals surface area contributed by atoms with Gasteiger partial charge >= 0.3 is 0 Å². The highest BCUT2D eigenvalue weighted by Crippen LogP contribution is 2.32. The molecule has 7 heteroatoms. The van der Waals surface area contributed by atoms with E-state index in [1.54, 1.807) is 11.9 Å². The highest BCUT2D eigenvalue weighted by Gasteiger charge is 2.42. The van der Waals surface area contributed by atoms with Gasteiger partial charge in [0.25, 0.3) is 5.91 Å². The lowest BCUT2D eigenvalue weighted by atomic mass is 10.1. The van der Waals surface area contributed by atoms with Gasteiger partial charge in [0.1, 0.15) is 23.4 Å². The third-order valence-electron chi connectivity index (χ3n) is 5.59. The Labute approximate surface area is 167 Å². The van der Waals surface area contributed by atoms with Crippen LogP contribution in [0.4, 0.5) is 4.39 Å². The number of carbonyl (C=O) groups excluding carboxylic acids is 1. The zero-order chi connectivity index (χ0) is 20.0. The Hall–Kier alpha value is -3.19. The summed E-state index contributed by atoms with van der Waals surface area (Å²) >= 11 is 0. The van der Waals surface area contributed by atoms with Gasteiger partial charge in [-0.25, -0.2) is 4.39 Å². The zero-order valence-electron chi connectivity index (χ0n) is 15.9. The number of benzene rings is 2. The van der Waals surface area contributed by atoms with Crippen LogP contribution in [-0.4, -0.2) is 53.1 Å². The van der Waals surface area contributed by atoms with Crippen LogP contribution in [0, 0.1) is 5.82 Å². The molecule has 1 saturated heterocycles. The van der Waals surface area contributed by atoms with E-state index in [0.717, 1.165) is 17.0 Å². The second-order valence-electron chi connectivity index (χ2n) is 7.52. The molecule has 1 fully saturated rings. The quantitative estimate of drug-likeness (QED) is 0.684. The molecule has 0 radical (unpaired) electrons. The van der Waals surface area contributed by atoms with Crippen LogP contribution < -0.4 is 4.74 Å². The fourth-order valence-corrected chi connectivity index (χ4v) is 4.08. The second-order valence-corrected chi connectivity index (χ2v) is 7.52. The van der Waals surface area contributed by atoms with E-state index < -0.39 is 5.82 Å². The van der Waals surface area contributed by atoms with Crippen LogP contribution in [0.15, 0.2) is 59.1 Å². The first-order valence-corrected chi connectivity index (χ1v) is 9.55. The number of amides is 1. The predicted octanol–water partition coefficient (Wildman–Crippen LogP) is 3.20. The van der Waals surface area contributed by atoms with Crippen LogP contribution in [0.1, 0.15) is 16.1 Å². The van der Waals surface area contributed by atoms with Gasteiger partial charge in [0.05, 0.1) is 18.2 Å². The van der Waals surface area contributed by atoms with E-state index in [1.165, 1.54) is 18.2 Å². The maximum absolute atomic E-state index is 13.7. The van der Waals surface area contributed by atoms with E-state index in [0.29, 0.717) is 30.9 Å². The number of nitrogens with zero attached hydrogens (tertiary/aromatic N) is 3. The van der Waals surface area contributed by atoms with Crippen LogP contribution in [0.2, 0.25) is 0 Å². The minimum Gasteiger partial charge on any atom is -0.486 e. The summed E-state index contributed by atoms with van der Waals surface area (Å²) in [5.41, 5.74) is 2.20. The standard InChI is InChI=1S/C22H20FN3O3/c1-25-19-12-26(11-16-10-18(24-29-16)14-5-3-2-4-6-14)13-21(19)28-20-9-15(23)7-8-17(20)22(25)27/h2-10,19,21H,11-13H2,1H3/t19-,21+/m1/s1. The highest BCUT2D eigenvalue weighted by atomic mass is 19.1. The maximum atomic E-state index is 13.7. The molecule has 0 aliphatic carbocycles. The number of likely N-dealkylation sites (tertiary alicyclic amines) is 1. The molecule has 2 atom stereocenters. The van der Waals surface area contributed by atoms with E-state index in [-0.39, 0.29) is 18.1 Å². The van der Waals surface area contributed by atoms with Crippen molar-refractivity contribution in [2.75, 3.05) is 20.1 Å². The van der Waals surface area contributed by atoms with Crippen LogP contribution in [-0.2, 0) is 6.54 Å². The number of hydrogen-bond donors (Lipinski definition) is 0. The number of hydrogen-bond acceptors (Lipinski definition) is 5. The van der Waals surface area contributed by atoms with Gasteiger partial charge in [-0.1, -0.05) is 35.5 Å². The van der Waals surface area contributed by atoms with Gasteiger partial charge in [-0.3, -0.25) is 9.69 Å². The minimum atomic E-state index is -0.414. The van der Waals surface area contributed by atoms with E-state index in [4.69, 9.17) is 9.26 Å². The molecule has 0 bridgehead atoms. The summed E-state index contributed by atoms with van der Waals surface area (Å²) in [5, 5.41) is 4.16. The summed E-state index contributed by atoms with van der Waals surface area (Å²) in [6.07, 6.45) is -0.233. The summed E-state index contributed by atoms with van der Waals surface area (Å²) < 4.78 is 25.2. The van der Waals surface area contributed by atoms with Crippen molar-refractivity contribution in [3.8, 4) is 17.0 Å². The number of halogens is 1. The molecule has 3 heterocycles. The maximum Gasteiger partial charge on any atom is 0.257 e. The first kappa shape index (κ1) is 17.9. The smallest absolute Gasteiger partial charge is 0.257 e. The van der Waals surface area contributed by atoms with Gasteiger partial charge < -0.3 is 14.2 Å². The van der Waals surface area contributed by atoms with Crippen LogP contribution >= 0.6 is 0 Å². The van der Waals surface area contributed by atoms with Crippen LogP contribution in [0.25, 0.3) is 11.3 Å². The summed E-state index contributed by atoms with van der Waals surface area (Å²) in [5.74, 6) is 0.492. The topological polar surface area (TPSA) is 58.8 Å². The SMILES string of the molecule is CN1C(=O)c2ccc(F)cc2O[C@H]2CN(Cc3cc(-c4ccccc4)no3)C[C@H]21. The molecule has 5 rings (SSSR count). The zero-order valence-corrected chi connectivity index (χ0v) is 15.9. The van der Waals surface area contributed by atoms with E-state index >= 15 is 0 Å². The largest absolute Gasteiger partial charge is 0.486 e. The van der Waals surface area contributed by atoms with Gasteiger partial charge in [-0.05, 0) is 12.1 Å². The highest BCUT2D eigenvalue weighted by molar-refractivity contribution is 5.97. The van der Waals surface area contributed by atoms with E-state index in [1.807, 2.05) is 36.4 Å². The third kappa shape index (κ3) is 3.27. The van der Waals surface area contributed by atoms with Gasteiger partial charge in [0.2, 0.25) is 0 Å². The third-order valence-corrected chi connectivity index (χ3v) is 5.59. The normalized spacial score (nSPS) is 21.4. The molecule has 3 aromatic rings. The summed E-state index contributed by atoms with van der Waals surface area (Å²) in [6, 6.07) is 15.7. The molecule has 0 N–H and O–H groups in total. The van der Waals surface area contributed by atoms with E-state index in [2.05, 4.69) is 10.1 Å². The number of carbonyl (C=O) groups is 1. The molecule has 2 aromatic carbocycles. The number of fused-ring (bicyclic) bond motifs is 2. The lowest BCUT2D eigenvalue weighted by molar-refractivity contribution is 0.0682. The molecular weight excluding hydrogens is 373 g/mol. The predicted molar refractivity (Wildman–Crippen MR) is 104 cm³/mol. The van der Waals surface area contributed by atoms with Crippen molar-refractivity contribution in [2.24, 2.45) is 0 Å². The molecule has 0 spiro atoms. The average Bonchev–Trinajstić information content (AvgIpc) is 3.33. The number of ether oxygens (including phenoxy) is 1. The van der Waals surface area contributed by atoms with Crippen molar-refractivity contribution in [1.82, 2.24) is 15.0 Å². The number of aromatic nitrogens is 1. The molecule has 2 aliphatic rings. The lowest BCUT2D eigenvalue weighted by Crippen LogP contribution is -2.44. The average molecular weight is 393 g/mol. The Morgan fingerprint density at radius 3 is 2.79 bits per heavy atom. The second kappa shape index (κ2) is 7.00. The Bertz CT molecular complexity index is 1050. The van der Waals surface area contributed by atoms with Gasteiger partial charge in [-0.2, -0.15) is 0 Å². The molecule has 6 nitrogen and oxygen atoms in total. The van der Waals surface area contributed by atoms with Crippen LogP contribution in [0.3, 0.4) is 0 Å². The van der Waals surface area contributed by atoms with Crippen molar-refractivity contribution >= 4 is 5.91 Å². The number of likely N-dealkylation sites (N-methyl/N-ethyl adjacent to an activating group) is 1. The Morgan fingerprint density at radius 2 is 1.97 bits per heavy atom. The molecule has 1 amide bonds. The first-order valence-electron chi connectivity index (χ1n) is 9.55. The van der Waals surface area contributed by atoms with Crippen molar-refractivity contribution < 1.29 is 18.4 Å². The Balaban J connectivity index is 1.34. The molecule has 2 aliphatic heterocycles.